The van der Waals surface area contributed by atoms with Crippen molar-refractivity contribution in [3.8, 4) is 11.5 Å². The maximum absolute atomic E-state index is 12.0. The third-order valence-corrected chi connectivity index (χ3v) is 2.98. The number of hydrogen-bond donors (Lipinski definition) is 1. The maximum Gasteiger partial charge on any atom is 0.433 e. The molecule has 0 bridgehead atoms. The molecule has 0 amide bonds. The summed E-state index contributed by atoms with van der Waals surface area (Å²) in [5.74, 6) is -0.112. The Labute approximate surface area is 136 Å². The van der Waals surface area contributed by atoms with Gasteiger partial charge in [-0.15, -0.1) is 0 Å². The first-order chi connectivity index (χ1) is 11.5. The van der Waals surface area contributed by atoms with Gasteiger partial charge >= 0.3 is 5.88 Å². The van der Waals surface area contributed by atoms with Crippen LogP contribution in [0.15, 0.2) is 45.8 Å². The van der Waals surface area contributed by atoms with Crippen LogP contribution in [0.25, 0.3) is 6.08 Å². The van der Waals surface area contributed by atoms with E-state index in [-0.39, 0.29) is 29.5 Å². The Morgan fingerprint density at radius 3 is 2.88 bits per heavy atom. The largest absolute Gasteiger partial charge is 0.507 e. The molecule has 0 aliphatic carbocycles. The summed E-state index contributed by atoms with van der Waals surface area (Å²) in [6.45, 7) is -0.163. The Bertz CT molecular complexity index is 807. The first kappa shape index (κ1) is 16.9. The molecule has 0 radical (unpaired) electrons. The van der Waals surface area contributed by atoms with Crippen LogP contribution in [-0.2, 0) is 0 Å². The zero-order valence-corrected chi connectivity index (χ0v) is 12.7. The topological polar surface area (TPSA) is 115 Å². The quantitative estimate of drug-likeness (QED) is 0.361. The summed E-state index contributed by atoms with van der Waals surface area (Å²) in [6.07, 6.45) is 4.33. The Kier molecular flexibility index (Phi) is 5.45. The molecule has 2 rings (SSSR count). The number of ketones is 1. The number of aliphatic imine (C=N–C) groups is 1. The Hall–Kier alpha value is -3.42. The number of carbonyl (C=O) groups is 1. The average molecular weight is 330 g/mol. The minimum absolute atomic E-state index is 0.122. The number of rotatable bonds is 7. The molecule has 1 heterocycles. The smallest absolute Gasteiger partial charge is 0.433 e. The molecule has 1 aromatic carbocycles. The van der Waals surface area contributed by atoms with Crippen LogP contribution in [0.1, 0.15) is 16.1 Å². The lowest BCUT2D eigenvalue weighted by Crippen LogP contribution is -2.04. The summed E-state index contributed by atoms with van der Waals surface area (Å²) in [7, 11) is 1.46. The van der Waals surface area contributed by atoms with Crippen molar-refractivity contribution in [2.75, 3.05) is 13.7 Å². The molecular weight excluding hydrogens is 316 g/mol. The summed E-state index contributed by atoms with van der Waals surface area (Å²) < 4.78 is 9.92. The number of carbonyl (C=O) groups excluding carboxylic acids is 1. The number of furan rings is 1. The third kappa shape index (κ3) is 4.29. The van der Waals surface area contributed by atoms with Crippen LogP contribution >= 0.6 is 0 Å². The van der Waals surface area contributed by atoms with Crippen LogP contribution < -0.4 is 4.74 Å². The summed E-state index contributed by atoms with van der Waals surface area (Å²) in [6, 6.07) is 7.04. The number of allylic oxidation sites excluding steroid dienone is 1. The molecule has 24 heavy (non-hydrogen) atoms. The number of nitrogens with zero attached hydrogens (tertiary/aromatic N) is 2. The lowest BCUT2D eigenvalue weighted by atomic mass is 10.1. The highest BCUT2D eigenvalue weighted by atomic mass is 16.6. The second-order valence-electron chi connectivity index (χ2n) is 4.59. The molecule has 0 unspecified atom stereocenters. The van der Waals surface area contributed by atoms with E-state index in [0.717, 1.165) is 0 Å². The van der Waals surface area contributed by atoms with Crippen LogP contribution in [-0.4, -0.2) is 35.7 Å². The molecule has 0 saturated carbocycles. The Morgan fingerprint density at radius 1 is 1.42 bits per heavy atom. The van der Waals surface area contributed by atoms with Crippen molar-refractivity contribution >= 4 is 24.0 Å². The lowest BCUT2D eigenvalue weighted by Gasteiger charge is -2.04. The standard InChI is InChI=1S/C16H14N2O6/c1-23-12-4-6-14(19)13(9-12)15(20)10-17-8-2-3-11-5-7-16(24-11)18(21)22/h2-9,19H,10H2,1H3/b3-2+,17-8?. The van der Waals surface area contributed by atoms with Crippen molar-refractivity contribution in [1.82, 2.24) is 0 Å². The van der Waals surface area contributed by atoms with Crippen molar-refractivity contribution in [3.05, 3.63) is 57.8 Å². The highest BCUT2D eigenvalue weighted by Gasteiger charge is 2.11. The SMILES string of the molecule is COc1ccc(O)c(C(=O)CN=C/C=C/c2ccc([N+](=O)[O-])o2)c1. The van der Waals surface area contributed by atoms with Gasteiger partial charge in [0.05, 0.1) is 18.7 Å². The normalized spacial score (nSPS) is 11.2. The van der Waals surface area contributed by atoms with Gasteiger partial charge in [0.2, 0.25) is 0 Å². The van der Waals surface area contributed by atoms with E-state index < -0.39 is 4.92 Å². The molecule has 2 aromatic rings. The van der Waals surface area contributed by atoms with Crippen LogP contribution in [0.5, 0.6) is 11.5 Å². The predicted octanol–water partition coefficient (Wildman–Crippen LogP) is 2.87. The summed E-state index contributed by atoms with van der Waals surface area (Å²) >= 11 is 0. The molecule has 0 spiro atoms. The fourth-order valence-corrected chi connectivity index (χ4v) is 1.81. The minimum Gasteiger partial charge on any atom is -0.507 e. The lowest BCUT2D eigenvalue weighted by molar-refractivity contribution is -0.402. The number of Topliss-reactive ketones (excluding diaryl/α,β-unsaturated/α-hetero) is 1. The fourth-order valence-electron chi connectivity index (χ4n) is 1.81. The van der Waals surface area contributed by atoms with Gasteiger partial charge in [-0.2, -0.15) is 0 Å². The molecule has 1 N–H and O–H groups in total. The molecular formula is C16H14N2O6. The monoisotopic (exact) mass is 330 g/mol. The number of aromatic hydroxyl groups is 1. The molecule has 124 valence electrons. The highest BCUT2D eigenvalue weighted by molar-refractivity contribution is 6.01. The van der Waals surface area contributed by atoms with Crippen LogP contribution in [0.2, 0.25) is 0 Å². The van der Waals surface area contributed by atoms with Gasteiger partial charge in [0, 0.05) is 6.21 Å². The number of nitro groups is 1. The van der Waals surface area contributed by atoms with E-state index >= 15 is 0 Å². The molecule has 0 aliphatic rings. The van der Waals surface area contributed by atoms with E-state index in [9.17, 15) is 20.0 Å². The van der Waals surface area contributed by atoms with Crippen molar-refractivity contribution in [2.24, 2.45) is 4.99 Å². The molecule has 8 heteroatoms. The zero-order valence-electron chi connectivity index (χ0n) is 12.7. The van der Waals surface area contributed by atoms with Gasteiger partial charge in [-0.05, 0) is 36.4 Å². The average Bonchev–Trinajstić information content (AvgIpc) is 3.04. The second kappa shape index (κ2) is 7.73. The van der Waals surface area contributed by atoms with Gasteiger partial charge in [-0.3, -0.25) is 19.9 Å². The van der Waals surface area contributed by atoms with Gasteiger partial charge in [-0.1, -0.05) is 0 Å². The minimum atomic E-state index is -0.634. The maximum atomic E-state index is 12.0. The zero-order chi connectivity index (χ0) is 17.5. The number of hydrogen-bond acceptors (Lipinski definition) is 7. The van der Waals surface area contributed by atoms with E-state index in [1.807, 2.05) is 0 Å². The number of ether oxygens (including phenoxy) is 1. The van der Waals surface area contributed by atoms with Crippen LogP contribution in [0.3, 0.4) is 0 Å². The van der Waals surface area contributed by atoms with E-state index in [1.54, 1.807) is 6.07 Å². The Morgan fingerprint density at radius 2 is 2.21 bits per heavy atom. The predicted molar refractivity (Wildman–Crippen MR) is 86.7 cm³/mol. The summed E-state index contributed by atoms with van der Waals surface area (Å²) in [5.41, 5.74) is 0.122. The van der Waals surface area contributed by atoms with E-state index in [1.165, 1.54) is 49.7 Å². The van der Waals surface area contributed by atoms with Gasteiger partial charge in [0.25, 0.3) is 0 Å². The van der Waals surface area contributed by atoms with Crippen LogP contribution in [0.4, 0.5) is 5.88 Å². The molecule has 1 aromatic heterocycles. The van der Waals surface area contributed by atoms with Gasteiger partial charge in [-0.25, -0.2) is 0 Å². The number of methoxy groups -OCH3 is 1. The van der Waals surface area contributed by atoms with Crippen molar-refractivity contribution in [3.63, 3.8) is 0 Å². The second-order valence-corrected chi connectivity index (χ2v) is 4.59. The summed E-state index contributed by atoms with van der Waals surface area (Å²) in [5, 5.41) is 20.2. The van der Waals surface area contributed by atoms with E-state index in [0.29, 0.717) is 11.5 Å². The van der Waals surface area contributed by atoms with Crippen molar-refractivity contribution in [1.29, 1.82) is 0 Å². The van der Waals surface area contributed by atoms with Gasteiger partial charge < -0.3 is 14.3 Å². The molecule has 8 nitrogen and oxygen atoms in total. The number of phenolic OH excluding ortho intramolecular Hbond substituents is 1. The highest BCUT2D eigenvalue weighted by Crippen LogP contribution is 2.23. The van der Waals surface area contributed by atoms with Crippen molar-refractivity contribution < 1.29 is 24.0 Å². The van der Waals surface area contributed by atoms with Crippen LogP contribution in [0, 0.1) is 10.1 Å². The third-order valence-electron chi connectivity index (χ3n) is 2.98. The molecule has 0 fully saturated rings. The van der Waals surface area contributed by atoms with E-state index in [2.05, 4.69) is 4.99 Å². The van der Waals surface area contributed by atoms with E-state index in [4.69, 9.17) is 9.15 Å². The first-order valence-electron chi connectivity index (χ1n) is 6.82. The molecule has 0 saturated heterocycles. The molecule has 0 aliphatic heterocycles. The molecule has 0 atom stereocenters. The first-order valence-corrected chi connectivity index (χ1v) is 6.82. The summed E-state index contributed by atoms with van der Waals surface area (Å²) in [4.78, 5) is 25.7. The van der Waals surface area contributed by atoms with Gasteiger partial charge in [0.1, 0.15) is 28.7 Å². The number of benzene rings is 1. The fraction of sp³-hybridized carbons (Fsp3) is 0.125. The Balaban J connectivity index is 1.94. The van der Waals surface area contributed by atoms with Gasteiger partial charge in [0.15, 0.2) is 5.78 Å². The van der Waals surface area contributed by atoms with Crippen molar-refractivity contribution in [2.45, 2.75) is 0 Å². The number of phenols is 1.